The minimum Gasteiger partial charge on any atom is -0.497 e. The van der Waals surface area contributed by atoms with Gasteiger partial charge in [0.25, 0.3) is 0 Å². The van der Waals surface area contributed by atoms with E-state index in [0.29, 0.717) is 63.9 Å². The van der Waals surface area contributed by atoms with Crippen LogP contribution in [0, 0.1) is 5.82 Å². The monoisotopic (exact) mass is 1310 g/mol. The largest absolute Gasteiger partial charge is 0.497 e. The van der Waals surface area contributed by atoms with Crippen molar-refractivity contribution in [1.82, 2.24) is 59.8 Å². The number of likely N-dealkylation sites (tertiary alicyclic amines) is 1. The van der Waals surface area contributed by atoms with Crippen LogP contribution in [0.1, 0.15) is 54.1 Å². The number of rotatable bonds is 28. The molecule has 86 heavy (non-hydrogen) atoms. The molecule has 0 bridgehead atoms. The van der Waals surface area contributed by atoms with Crippen LogP contribution in [0.4, 0.5) is 10.1 Å². The molecule has 0 aliphatic carbocycles. The molecule has 4 aromatic carbocycles. The average molecular weight is 1310 g/mol. The fourth-order valence-corrected chi connectivity index (χ4v) is 11.3. The van der Waals surface area contributed by atoms with Gasteiger partial charge in [-0.15, -0.1) is 9.24 Å². The summed E-state index contributed by atoms with van der Waals surface area (Å²) in [6.45, 7) is 1.01. The number of halogens is 2. The summed E-state index contributed by atoms with van der Waals surface area (Å²) < 4.78 is 21.8. The molecule has 26 heteroatoms. The van der Waals surface area contributed by atoms with E-state index in [0.717, 1.165) is 21.8 Å². The summed E-state index contributed by atoms with van der Waals surface area (Å²) in [7, 11) is 5.80. The molecule has 0 spiro atoms. The van der Waals surface area contributed by atoms with Crippen molar-refractivity contribution >= 4 is 118 Å². The van der Waals surface area contributed by atoms with Gasteiger partial charge in [-0.2, -0.15) is 0 Å². The van der Waals surface area contributed by atoms with Crippen molar-refractivity contribution < 1.29 is 52.3 Å². The average Bonchev–Trinajstić information content (AvgIpc) is 4.40. The molecule has 4 heterocycles. The van der Waals surface area contributed by atoms with Crippen LogP contribution in [0.5, 0.6) is 5.75 Å². The first-order valence-electron chi connectivity index (χ1n) is 27.9. The first kappa shape index (κ1) is 63.5. The number of likely N-dealkylation sites (N-methyl/N-ethyl adjacent to an activating group) is 1. The summed E-state index contributed by atoms with van der Waals surface area (Å²) in [4.78, 5) is 134. The Bertz CT molecular complexity index is 3600. The van der Waals surface area contributed by atoms with E-state index in [1.807, 2.05) is 47.3 Å². The van der Waals surface area contributed by atoms with E-state index < -0.39 is 90.0 Å². The fourth-order valence-electron chi connectivity index (χ4n) is 10.3. The van der Waals surface area contributed by atoms with Crippen LogP contribution in [0.2, 0.25) is 0 Å². The highest BCUT2D eigenvalue weighted by atomic mass is 127. The number of nitrogens with zero attached hydrogens (tertiary/aromatic N) is 3. The molecule has 1 aliphatic rings. The summed E-state index contributed by atoms with van der Waals surface area (Å²) >= 11 is 2.05. The first-order valence-corrected chi connectivity index (χ1v) is 29.4. The van der Waals surface area contributed by atoms with Gasteiger partial charge in [-0.3, -0.25) is 41.1 Å². The number of aromatic amines is 2. The lowest BCUT2D eigenvalue weighted by molar-refractivity contribution is -0.141. The lowest BCUT2D eigenvalue weighted by atomic mass is 10.0. The first-order chi connectivity index (χ1) is 41.4. The van der Waals surface area contributed by atoms with Crippen molar-refractivity contribution in [3.05, 3.63) is 144 Å². The third kappa shape index (κ3) is 17.1. The molecular weight excluding hydrogens is 1240 g/mol. The SMILES string of the molecule is CN[C@@H](Cc1c[nH]c2ccc(P)cc12)C(=O)N[C@@H](Cc1cn(I)c2ccc(F)cc12)C(=O)NCC(=O)N[C@@H](Cc1cnc[nH]1)C(=O)N[C@@H](Cc1ccc(OC)cc1)C(=O)N1CCCC1C(=O)NCCC(=O)Nc1cccc(CC(=O)N[C@H](C)C=O)c1. The van der Waals surface area contributed by atoms with Crippen LogP contribution in [0.25, 0.3) is 21.8 Å². The maximum absolute atomic E-state index is 14.8. The molecule has 3 aromatic heterocycles. The van der Waals surface area contributed by atoms with E-state index >= 15 is 0 Å². The van der Waals surface area contributed by atoms with Crippen LogP contribution in [0.15, 0.2) is 110 Å². The van der Waals surface area contributed by atoms with E-state index in [1.165, 1.54) is 36.7 Å². The highest BCUT2D eigenvalue weighted by molar-refractivity contribution is 14.1. The van der Waals surface area contributed by atoms with Gasteiger partial charge in [0.1, 0.15) is 42.0 Å². The number of carbonyl (C=O) groups is 9. The number of nitrogens with one attached hydrogen (secondary N) is 10. The number of methoxy groups -OCH3 is 1. The second kappa shape index (κ2) is 30.0. The molecule has 7 aromatic rings. The number of anilines is 1. The van der Waals surface area contributed by atoms with Crippen LogP contribution < -0.4 is 52.6 Å². The second-order valence-electron chi connectivity index (χ2n) is 20.9. The number of imidazole rings is 1. The van der Waals surface area contributed by atoms with Crippen LogP contribution >= 0.6 is 32.1 Å². The third-order valence-corrected chi connectivity index (χ3v) is 15.8. The standard InChI is InChI=1S/C60H68FIN13O10P/c1-34(32-76)69-54(78)22-36-6-4-7-40(20-36)70-53(77)17-18-65-59(83)52-8-5-19-74(52)60(84)50(21-35-9-12-42(85-3)13-10-35)73-58(82)49(26-41-29-64-33-68-41)71-55(79)30-67-56(80)48(24-38-31-75(62)51-16-11-39(61)25-45(38)51)72-57(81)47(63-2)23-37-28-66-46-15-14-43(86)27-44(37)46/h4,6-7,9-16,20,25,27-29,31-34,47-50,52,63,66H,5,8,17-19,21-24,26,30,86H2,1-3H3,(H,64,68)(H,65,83)(H,67,80)(H,69,78)(H,70,77)(H,71,79)(H,72,81)(H,73,82)/t34-,47+,48+,49+,50+,52?/m1/s1. The molecule has 1 aliphatic heterocycles. The Morgan fingerprint density at radius 1 is 0.791 bits per heavy atom. The number of ether oxygens (including phenoxy) is 1. The number of hydrogen-bond donors (Lipinski definition) is 10. The third-order valence-electron chi connectivity index (χ3n) is 14.7. The molecule has 2 unspecified atom stereocenters. The van der Waals surface area contributed by atoms with Crippen LogP contribution in [-0.4, -0.2) is 146 Å². The zero-order chi connectivity index (χ0) is 61.4. The molecule has 10 N–H and O–H groups in total. The van der Waals surface area contributed by atoms with E-state index in [9.17, 15) is 47.5 Å². The quantitative estimate of drug-likeness (QED) is 0.0192. The van der Waals surface area contributed by atoms with E-state index in [-0.39, 0.29) is 57.5 Å². The van der Waals surface area contributed by atoms with Crippen molar-refractivity contribution in [2.45, 2.75) is 94.5 Å². The van der Waals surface area contributed by atoms with Gasteiger partial charge < -0.3 is 66.9 Å². The summed E-state index contributed by atoms with van der Waals surface area (Å²) in [6, 6.07) is 17.4. The number of fused-ring (bicyclic) bond motifs is 2. The van der Waals surface area contributed by atoms with Crippen molar-refractivity contribution in [1.29, 1.82) is 0 Å². The highest BCUT2D eigenvalue weighted by Crippen LogP contribution is 2.27. The van der Waals surface area contributed by atoms with Gasteiger partial charge in [0.15, 0.2) is 0 Å². The van der Waals surface area contributed by atoms with Crippen LogP contribution in [0.3, 0.4) is 0 Å². The number of hydrogen-bond acceptors (Lipinski definition) is 12. The van der Waals surface area contributed by atoms with Gasteiger partial charge in [0, 0.05) is 85.0 Å². The Hall–Kier alpha value is -8.55. The highest BCUT2D eigenvalue weighted by Gasteiger charge is 2.39. The van der Waals surface area contributed by atoms with Crippen molar-refractivity contribution in [2.75, 3.05) is 39.1 Å². The molecule has 23 nitrogen and oxygen atoms in total. The fraction of sp³-hybridized carbons (Fsp3) is 0.333. The van der Waals surface area contributed by atoms with Gasteiger partial charge in [0.05, 0.1) is 66.9 Å². The minimum atomic E-state index is -1.35. The number of aromatic nitrogens is 4. The second-order valence-corrected chi connectivity index (χ2v) is 22.6. The Morgan fingerprint density at radius 2 is 1.55 bits per heavy atom. The molecule has 1 saturated heterocycles. The number of carbonyl (C=O) groups excluding carboxylic acids is 9. The summed E-state index contributed by atoms with van der Waals surface area (Å²) in [5.74, 6) is -4.62. The Balaban J connectivity index is 0.939. The number of amides is 8. The predicted molar refractivity (Wildman–Crippen MR) is 332 cm³/mol. The molecule has 452 valence electrons. The lowest BCUT2D eigenvalue weighted by Crippen LogP contribution is -2.58. The Morgan fingerprint density at radius 3 is 2.29 bits per heavy atom. The van der Waals surface area contributed by atoms with Gasteiger partial charge in [-0.25, -0.2) is 9.37 Å². The van der Waals surface area contributed by atoms with E-state index in [2.05, 4.69) is 66.7 Å². The summed E-state index contributed by atoms with van der Waals surface area (Å²) in [5.41, 5.74) is 5.09. The van der Waals surface area contributed by atoms with Gasteiger partial charge in [0.2, 0.25) is 47.3 Å². The summed E-state index contributed by atoms with van der Waals surface area (Å²) in [5, 5.41) is 24.6. The molecule has 7 atom stereocenters. The molecule has 8 rings (SSSR count). The number of benzene rings is 4. The molecule has 8 amide bonds. The zero-order valence-corrected chi connectivity index (χ0v) is 50.8. The Kier molecular flexibility index (Phi) is 22.1. The van der Waals surface area contributed by atoms with E-state index in [1.54, 1.807) is 77.5 Å². The molecular formula is C60H68FIN13O10P. The maximum atomic E-state index is 14.8. The smallest absolute Gasteiger partial charge is 0.246 e. The zero-order valence-electron chi connectivity index (χ0n) is 47.5. The number of aldehydes is 1. The molecule has 0 saturated carbocycles. The van der Waals surface area contributed by atoms with Crippen molar-refractivity contribution in [2.24, 2.45) is 0 Å². The normalized spacial score (nSPS) is 14.7. The topological polar surface area (TPSA) is 312 Å². The van der Waals surface area contributed by atoms with Crippen molar-refractivity contribution in [3.8, 4) is 5.75 Å². The lowest BCUT2D eigenvalue weighted by Gasteiger charge is -2.30. The molecule has 1 fully saturated rings. The van der Waals surface area contributed by atoms with E-state index in [4.69, 9.17) is 4.74 Å². The predicted octanol–water partition coefficient (Wildman–Crippen LogP) is 2.50. The van der Waals surface area contributed by atoms with Crippen molar-refractivity contribution in [3.63, 3.8) is 0 Å². The number of H-pyrrole nitrogens is 2. The minimum absolute atomic E-state index is 0.0130. The van der Waals surface area contributed by atoms with Gasteiger partial charge in [-0.05, 0) is 115 Å². The molecule has 0 radical (unpaired) electrons. The van der Waals surface area contributed by atoms with Gasteiger partial charge >= 0.3 is 0 Å². The van der Waals surface area contributed by atoms with Gasteiger partial charge in [-0.1, -0.05) is 30.3 Å². The van der Waals surface area contributed by atoms with Crippen LogP contribution in [-0.2, 0) is 75.3 Å². The summed E-state index contributed by atoms with van der Waals surface area (Å²) in [6.07, 6.45) is 7.67. The Labute approximate surface area is 510 Å². The maximum Gasteiger partial charge on any atom is 0.246 e.